The van der Waals surface area contributed by atoms with E-state index in [1.165, 1.54) is 0 Å². The number of benzene rings is 1. The Bertz CT molecular complexity index is 318. The van der Waals surface area contributed by atoms with Gasteiger partial charge in [-0.15, -0.1) is 0 Å². The van der Waals surface area contributed by atoms with Crippen molar-refractivity contribution in [3.8, 4) is 0 Å². The van der Waals surface area contributed by atoms with Gasteiger partial charge in [-0.05, 0) is 17.7 Å². The van der Waals surface area contributed by atoms with Crippen LogP contribution < -0.4 is 5.11 Å². The summed E-state index contributed by atoms with van der Waals surface area (Å²) >= 11 is 0. The molecule has 1 aromatic carbocycles. The Morgan fingerprint density at radius 3 is 1.86 bits per heavy atom. The monoisotopic (exact) mass is 296 g/mol. The van der Waals surface area contributed by atoms with Crippen molar-refractivity contribution in [3.05, 3.63) is 35.4 Å². The van der Waals surface area contributed by atoms with E-state index in [4.69, 9.17) is 0 Å². The van der Waals surface area contributed by atoms with Gasteiger partial charge in [0.05, 0.1) is 11.5 Å². The fourth-order valence-electron chi connectivity index (χ4n) is 0.795. The fraction of sp³-hybridized carbons (Fsp3) is 0.125. The van der Waals surface area contributed by atoms with E-state index in [1.54, 1.807) is 0 Å². The molecule has 0 aliphatic heterocycles. The number of alkyl halides is 3. The molecule has 0 unspecified atom stereocenters. The van der Waals surface area contributed by atoms with Gasteiger partial charge >= 0.3 is 28.6 Å². The van der Waals surface area contributed by atoms with Crippen LogP contribution in [-0.2, 0) is 28.6 Å². The molecule has 0 radical (unpaired) electrons. The molecule has 0 fully saturated rings. The molecule has 0 amide bonds. The molecule has 2 nitrogen and oxygen atoms in total. The molecule has 0 heterocycles. The largest absolute Gasteiger partial charge is 1.00 e. The zero-order valence-corrected chi connectivity index (χ0v) is 8.04. The minimum absolute atomic E-state index is 0. The maximum atomic E-state index is 12.0. The SMILES string of the molecule is O=C([O-])c1ccc(C(F)(F)F)cc1.[Ag+]. The van der Waals surface area contributed by atoms with Crippen LogP contribution in [0.5, 0.6) is 0 Å². The van der Waals surface area contributed by atoms with E-state index >= 15 is 0 Å². The first kappa shape index (κ1) is 13.2. The Kier molecular flexibility index (Phi) is 4.38. The zero-order chi connectivity index (χ0) is 10.1. The van der Waals surface area contributed by atoms with Gasteiger partial charge in [0.1, 0.15) is 0 Å². The molecule has 1 rings (SSSR count). The van der Waals surface area contributed by atoms with Crippen LogP contribution in [0, 0.1) is 0 Å². The first-order valence-electron chi connectivity index (χ1n) is 3.30. The van der Waals surface area contributed by atoms with E-state index in [2.05, 4.69) is 0 Å². The van der Waals surface area contributed by atoms with Gasteiger partial charge in [-0.25, -0.2) is 0 Å². The quantitative estimate of drug-likeness (QED) is 0.727. The van der Waals surface area contributed by atoms with Crippen LogP contribution in [0.1, 0.15) is 15.9 Å². The minimum Gasteiger partial charge on any atom is -0.545 e. The number of hydrogen-bond donors (Lipinski definition) is 0. The summed E-state index contributed by atoms with van der Waals surface area (Å²) in [5, 5.41) is 10.2. The van der Waals surface area contributed by atoms with Crippen LogP contribution in [0.3, 0.4) is 0 Å². The van der Waals surface area contributed by atoms with E-state index in [9.17, 15) is 23.1 Å². The van der Waals surface area contributed by atoms with Crippen molar-refractivity contribution in [2.75, 3.05) is 0 Å². The third-order valence-corrected chi connectivity index (χ3v) is 1.45. The van der Waals surface area contributed by atoms with Crippen molar-refractivity contribution in [3.63, 3.8) is 0 Å². The van der Waals surface area contributed by atoms with Gasteiger partial charge in [-0.1, -0.05) is 12.1 Å². The molecule has 0 aliphatic rings. The predicted molar refractivity (Wildman–Crippen MR) is 35.8 cm³/mol. The van der Waals surface area contributed by atoms with Crippen molar-refractivity contribution in [1.82, 2.24) is 0 Å². The molecule has 0 saturated carbocycles. The normalized spacial score (nSPS) is 10.5. The zero-order valence-electron chi connectivity index (χ0n) is 6.56. The number of carbonyl (C=O) groups is 1. The summed E-state index contributed by atoms with van der Waals surface area (Å²) in [5.41, 5.74) is -1.15. The molecule has 0 aliphatic carbocycles. The third-order valence-electron chi connectivity index (χ3n) is 1.45. The number of rotatable bonds is 1. The van der Waals surface area contributed by atoms with E-state index < -0.39 is 17.7 Å². The number of carboxylic acids is 1. The summed E-state index contributed by atoms with van der Waals surface area (Å²) < 4.78 is 35.9. The van der Waals surface area contributed by atoms with Gasteiger partial charge in [0.15, 0.2) is 0 Å². The smallest absolute Gasteiger partial charge is 0.545 e. The molecular weight excluding hydrogens is 293 g/mol. The molecule has 0 bridgehead atoms. The molecule has 6 heteroatoms. The van der Waals surface area contributed by atoms with Gasteiger partial charge in [0.25, 0.3) is 0 Å². The van der Waals surface area contributed by atoms with Gasteiger partial charge in [0.2, 0.25) is 0 Å². The molecule has 80 valence electrons. The van der Waals surface area contributed by atoms with Gasteiger partial charge in [-0.3, -0.25) is 0 Å². The average molecular weight is 297 g/mol. The van der Waals surface area contributed by atoms with Crippen molar-refractivity contribution in [2.45, 2.75) is 6.18 Å². The van der Waals surface area contributed by atoms with Crippen LogP contribution in [-0.4, -0.2) is 5.97 Å². The molecule has 14 heavy (non-hydrogen) atoms. The van der Waals surface area contributed by atoms with E-state index in [-0.39, 0.29) is 27.9 Å². The maximum absolute atomic E-state index is 12.0. The summed E-state index contributed by atoms with van der Waals surface area (Å²) in [6.45, 7) is 0. The number of carboxylic acid groups (broad SMARTS) is 1. The number of halogens is 3. The molecule has 0 N–H and O–H groups in total. The standard InChI is InChI=1S/C8H5F3O2.Ag/c9-8(10,11)6-3-1-5(2-4-6)7(12)13;/h1-4H,(H,12,13);/q;+1/p-1. The molecule has 0 spiro atoms. The number of aromatic carboxylic acids is 1. The number of carbonyl (C=O) groups excluding carboxylic acids is 1. The van der Waals surface area contributed by atoms with Gasteiger partial charge in [0, 0.05) is 0 Å². The number of hydrogen-bond acceptors (Lipinski definition) is 2. The first-order valence-corrected chi connectivity index (χ1v) is 3.30. The third kappa shape index (κ3) is 3.17. The van der Waals surface area contributed by atoms with Gasteiger partial charge < -0.3 is 9.90 Å². The van der Waals surface area contributed by atoms with Crippen molar-refractivity contribution >= 4 is 5.97 Å². The second-order valence-electron chi connectivity index (χ2n) is 2.36. The molecule has 0 aromatic heterocycles. The van der Waals surface area contributed by atoms with Crippen molar-refractivity contribution in [2.24, 2.45) is 0 Å². The van der Waals surface area contributed by atoms with Crippen molar-refractivity contribution < 1.29 is 45.5 Å². The van der Waals surface area contributed by atoms with E-state index in [0.717, 1.165) is 12.1 Å². The van der Waals surface area contributed by atoms with Crippen LogP contribution in [0.4, 0.5) is 13.2 Å². The Hall–Kier alpha value is -0.780. The molecule has 0 atom stereocenters. The van der Waals surface area contributed by atoms with Crippen LogP contribution in [0.2, 0.25) is 0 Å². The molecule has 0 saturated heterocycles. The Morgan fingerprint density at radius 2 is 1.57 bits per heavy atom. The topological polar surface area (TPSA) is 40.1 Å². The van der Waals surface area contributed by atoms with E-state index in [1.807, 2.05) is 0 Å². The Labute approximate surface area is 93.2 Å². The summed E-state index contributed by atoms with van der Waals surface area (Å²) in [7, 11) is 0. The summed E-state index contributed by atoms with van der Waals surface area (Å²) in [6, 6.07) is 3.12. The summed E-state index contributed by atoms with van der Waals surface area (Å²) in [6.07, 6.45) is -4.44. The predicted octanol–water partition coefficient (Wildman–Crippen LogP) is 1.07. The second-order valence-corrected chi connectivity index (χ2v) is 2.36. The first-order chi connectivity index (χ1) is 5.91. The fourth-order valence-corrected chi connectivity index (χ4v) is 0.795. The van der Waals surface area contributed by atoms with Gasteiger partial charge in [-0.2, -0.15) is 13.2 Å². The van der Waals surface area contributed by atoms with Crippen molar-refractivity contribution in [1.29, 1.82) is 0 Å². The summed E-state index contributed by atoms with van der Waals surface area (Å²) in [5.74, 6) is -1.49. The summed E-state index contributed by atoms with van der Waals surface area (Å²) in [4.78, 5) is 10.2. The van der Waals surface area contributed by atoms with Crippen LogP contribution in [0.25, 0.3) is 0 Å². The Balaban J connectivity index is 0.00000169. The Morgan fingerprint density at radius 1 is 1.14 bits per heavy atom. The minimum atomic E-state index is -4.44. The maximum Gasteiger partial charge on any atom is 1.00 e. The average Bonchev–Trinajstić information content (AvgIpc) is 2.03. The van der Waals surface area contributed by atoms with Crippen LogP contribution in [0.15, 0.2) is 24.3 Å². The molecule has 1 aromatic rings. The van der Waals surface area contributed by atoms with E-state index in [0.29, 0.717) is 12.1 Å². The second kappa shape index (κ2) is 4.63. The molecular formula is C8H4AgF3O2. The van der Waals surface area contributed by atoms with Crippen LogP contribution >= 0.6 is 0 Å².